The monoisotopic (exact) mass is 274 g/mol. The average Bonchev–Trinajstić information content (AvgIpc) is 2.92. The van der Waals surface area contributed by atoms with Gasteiger partial charge in [-0.2, -0.15) is 0 Å². The molecule has 2 rings (SSSR count). The van der Waals surface area contributed by atoms with E-state index in [4.69, 9.17) is 4.42 Å². The molecule has 0 unspecified atom stereocenters. The van der Waals surface area contributed by atoms with Crippen LogP contribution in [0.4, 0.5) is 0 Å². The Balaban J connectivity index is 1.98. The number of allylic oxidation sites excluding steroid dienone is 1. The van der Waals surface area contributed by atoms with E-state index in [1.165, 1.54) is 0 Å². The van der Waals surface area contributed by atoms with Crippen LogP contribution < -0.4 is 0 Å². The second-order valence-corrected chi connectivity index (χ2v) is 5.76. The summed E-state index contributed by atoms with van der Waals surface area (Å²) >= 11 is 0. The Bertz CT molecular complexity index is 661. The predicted octanol–water partition coefficient (Wildman–Crippen LogP) is 3.35. The van der Waals surface area contributed by atoms with Crippen LogP contribution in [0.3, 0.4) is 0 Å². The largest absolute Gasteiger partial charge is 0.469 e. The molecule has 0 aliphatic rings. The van der Waals surface area contributed by atoms with Crippen molar-refractivity contribution in [2.24, 2.45) is 0 Å². The van der Waals surface area contributed by atoms with Gasteiger partial charge in [-0.1, -0.05) is 18.2 Å². The van der Waals surface area contributed by atoms with Gasteiger partial charge in [0.1, 0.15) is 5.76 Å². The first-order chi connectivity index (χ1) is 9.18. The molecule has 0 spiro atoms. The van der Waals surface area contributed by atoms with Crippen molar-refractivity contribution in [2.45, 2.75) is 17.7 Å². The molecule has 1 aromatic heterocycles. The third kappa shape index (κ3) is 3.98. The first-order valence-corrected chi connectivity index (χ1v) is 7.46. The first kappa shape index (κ1) is 13.4. The van der Waals surface area contributed by atoms with E-state index in [1.54, 1.807) is 42.7 Å². The van der Waals surface area contributed by atoms with Crippen LogP contribution >= 0.6 is 0 Å². The van der Waals surface area contributed by atoms with Crippen molar-refractivity contribution in [3.05, 3.63) is 71.7 Å². The fourth-order valence-electron chi connectivity index (χ4n) is 1.57. The van der Waals surface area contributed by atoms with Crippen molar-refractivity contribution < 1.29 is 12.8 Å². The highest BCUT2D eigenvalue weighted by atomic mass is 32.2. The molecule has 4 heteroatoms. The zero-order chi connectivity index (χ0) is 13.6. The smallest absolute Gasteiger partial charge is 0.207 e. The summed E-state index contributed by atoms with van der Waals surface area (Å²) in [6.45, 7) is 0. The Morgan fingerprint density at radius 3 is 2.58 bits per heavy atom. The van der Waals surface area contributed by atoms with E-state index >= 15 is 0 Å². The van der Waals surface area contributed by atoms with Gasteiger partial charge in [0.05, 0.1) is 16.6 Å². The molecular formula is C15H14O3S. The van der Waals surface area contributed by atoms with Crippen molar-refractivity contribution in [1.29, 1.82) is 0 Å². The lowest BCUT2D eigenvalue weighted by Gasteiger charge is -1.95. The third-order valence-corrected chi connectivity index (χ3v) is 3.90. The Kier molecular flexibility index (Phi) is 4.39. The summed E-state index contributed by atoms with van der Waals surface area (Å²) < 4.78 is 28.9. The predicted molar refractivity (Wildman–Crippen MR) is 73.3 cm³/mol. The highest BCUT2D eigenvalue weighted by Crippen LogP contribution is 2.10. The standard InChI is InChI=1S/C15H14O3S/c16-19(17,15-10-4-1-5-11-15)13-6-2-3-8-14-9-7-12-18-14/h1-2,4-5,7,9-13H,3,8H2. The molecule has 1 heterocycles. The number of benzene rings is 1. The molecule has 0 aliphatic carbocycles. The van der Waals surface area contributed by atoms with Gasteiger partial charge in [0.2, 0.25) is 9.84 Å². The van der Waals surface area contributed by atoms with Crippen LogP contribution in [-0.4, -0.2) is 8.42 Å². The van der Waals surface area contributed by atoms with Crippen LogP contribution in [0.1, 0.15) is 12.2 Å². The third-order valence-electron chi connectivity index (χ3n) is 2.53. The van der Waals surface area contributed by atoms with Crippen LogP contribution in [0.2, 0.25) is 0 Å². The molecule has 1 aromatic carbocycles. The fraction of sp³-hybridized carbons (Fsp3) is 0.133. The lowest BCUT2D eigenvalue weighted by molar-refractivity contribution is 0.510. The van der Waals surface area contributed by atoms with Gasteiger partial charge in [-0.3, -0.25) is 0 Å². The quantitative estimate of drug-likeness (QED) is 0.785. The van der Waals surface area contributed by atoms with E-state index in [0.717, 1.165) is 17.6 Å². The summed E-state index contributed by atoms with van der Waals surface area (Å²) in [5.41, 5.74) is 2.71. The maximum atomic E-state index is 11.9. The van der Waals surface area contributed by atoms with E-state index in [-0.39, 0.29) is 4.90 Å². The number of rotatable bonds is 5. The van der Waals surface area contributed by atoms with Gasteiger partial charge in [-0.25, -0.2) is 8.42 Å². The summed E-state index contributed by atoms with van der Waals surface area (Å²) in [7, 11) is -3.39. The Hall–Kier alpha value is -2.03. The fourth-order valence-corrected chi connectivity index (χ4v) is 2.52. The molecule has 0 aliphatic heterocycles. The van der Waals surface area contributed by atoms with Crippen molar-refractivity contribution in [3.63, 3.8) is 0 Å². The second kappa shape index (κ2) is 6.23. The highest BCUT2D eigenvalue weighted by molar-refractivity contribution is 7.94. The topological polar surface area (TPSA) is 47.3 Å². The van der Waals surface area contributed by atoms with Crippen LogP contribution in [-0.2, 0) is 16.3 Å². The van der Waals surface area contributed by atoms with Gasteiger partial charge in [0.25, 0.3) is 0 Å². The molecule has 2 aromatic rings. The molecule has 0 fully saturated rings. The molecule has 0 saturated heterocycles. The minimum Gasteiger partial charge on any atom is -0.469 e. The van der Waals surface area contributed by atoms with E-state index in [9.17, 15) is 8.42 Å². The van der Waals surface area contributed by atoms with Gasteiger partial charge in [-0.05, 0) is 36.8 Å². The van der Waals surface area contributed by atoms with Crippen LogP contribution in [0.15, 0.2) is 75.3 Å². The molecule has 3 nitrogen and oxygen atoms in total. The SMILES string of the molecule is O=S(=O)(C=C=CCCc1ccco1)c1ccccc1. The Morgan fingerprint density at radius 2 is 1.89 bits per heavy atom. The van der Waals surface area contributed by atoms with Crippen LogP contribution in [0, 0.1) is 0 Å². The summed E-state index contributed by atoms with van der Waals surface area (Å²) in [6, 6.07) is 12.0. The van der Waals surface area contributed by atoms with Crippen molar-refractivity contribution in [1.82, 2.24) is 0 Å². The summed E-state index contributed by atoms with van der Waals surface area (Å²) in [5, 5.41) is 1.10. The van der Waals surface area contributed by atoms with Gasteiger partial charge < -0.3 is 4.42 Å². The molecule has 0 radical (unpaired) electrons. The zero-order valence-corrected chi connectivity index (χ0v) is 11.1. The van der Waals surface area contributed by atoms with Gasteiger partial charge in [0, 0.05) is 6.42 Å². The Labute approximate surface area is 112 Å². The van der Waals surface area contributed by atoms with Crippen LogP contribution in [0.5, 0.6) is 0 Å². The summed E-state index contributed by atoms with van der Waals surface area (Å²) in [4.78, 5) is 0.280. The molecule has 0 amide bonds. The molecule has 0 N–H and O–H groups in total. The second-order valence-electron chi connectivity index (χ2n) is 3.96. The number of hydrogen-bond acceptors (Lipinski definition) is 3. The summed E-state index contributed by atoms with van der Waals surface area (Å²) in [5.74, 6) is 0.879. The van der Waals surface area contributed by atoms with Crippen molar-refractivity contribution in [3.8, 4) is 0 Å². The minimum atomic E-state index is -3.39. The molecule has 0 bridgehead atoms. The maximum Gasteiger partial charge on any atom is 0.207 e. The normalized spacial score (nSPS) is 10.7. The molecule has 0 saturated carbocycles. The van der Waals surface area contributed by atoms with Gasteiger partial charge in [-0.15, -0.1) is 5.73 Å². The molecule has 0 atom stereocenters. The average molecular weight is 274 g/mol. The molecule has 98 valence electrons. The molecular weight excluding hydrogens is 260 g/mol. The Morgan fingerprint density at radius 1 is 1.11 bits per heavy atom. The van der Waals surface area contributed by atoms with Crippen molar-refractivity contribution >= 4 is 9.84 Å². The number of furan rings is 1. The number of sulfone groups is 1. The lowest BCUT2D eigenvalue weighted by Crippen LogP contribution is -1.94. The number of hydrogen-bond donors (Lipinski definition) is 0. The van der Waals surface area contributed by atoms with Crippen molar-refractivity contribution in [2.75, 3.05) is 0 Å². The lowest BCUT2D eigenvalue weighted by atomic mass is 10.2. The van der Waals surface area contributed by atoms with Gasteiger partial charge in [0.15, 0.2) is 0 Å². The molecule has 19 heavy (non-hydrogen) atoms. The van der Waals surface area contributed by atoms with Gasteiger partial charge >= 0.3 is 0 Å². The summed E-state index contributed by atoms with van der Waals surface area (Å²) in [6.07, 6.45) is 4.74. The van der Waals surface area contributed by atoms with E-state index < -0.39 is 9.84 Å². The first-order valence-electron chi connectivity index (χ1n) is 5.92. The zero-order valence-electron chi connectivity index (χ0n) is 10.3. The van der Waals surface area contributed by atoms with E-state index in [2.05, 4.69) is 5.73 Å². The van der Waals surface area contributed by atoms with E-state index in [0.29, 0.717) is 6.42 Å². The maximum absolute atomic E-state index is 11.9. The number of aryl methyl sites for hydroxylation is 1. The minimum absolute atomic E-state index is 0.280. The highest BCUT2D eigenvalue weighted by Gasteiger charge is 2.07. The van der Waals surface area contributed by atoms with E-state index in [1.807, 2.05) is 12.1 Å². The van der Waals surface area contributed by atoms with Crippen LogP contribution in [0.25, 0.3) is 0 Å².